The summed E-state index contributed by atoms with van der Waals surface area (Å²) in [6.45, 7) is 5.21. The summed E-state index contributed by atoms with van der Waals surface area (Å²) < 4.78 is 5.21. The molecular formula is C24H26N2O6. The number of fused-ring (bicyclic) bond motifs is 1. The highest BCUT2D eigenvalue weighted by Crippen LogP contribution is 2.55. The predicted molar refractivity (Wildman–Crippen MR) is 115 cm³/mol. The largest absolute Gasteiger partial charge is 0.504 e. The van der Waals surface area contributed by atoms with Gasteiger partial charge < -0.3 is 14.9 Å². The topological polar surface area (TPSA) is 116 Å². The van der Waals surface area contributed by atoms with E-state index in [4.69, 9.17) is 4.74 Å². The Balaban J connectivity index is 1.98. The fourth-order valence-corrected chi connectivity index (χ4v) is 5.08. The molecule has 4 atom stereocenters. The van der Waals surface area contributed by atoms with E-state index in [1.54, 1.807) is 69.3 Å². The summed E-state index contributed by atoms with van der Waals surface area (Å²) in [5, 5.41) is 24.3. The van der Waals surface area contributed by atoms with E-state index >= 15 is 0 Å². The highest BCUT2D eigenvalue weighted by molar-refractivity contribution is 6.10. The average molecular weight is 438 g/mol. The first-order valence-electron chi connectivity index (χ1n) is 10.4. The number of benzene rings is 2. The summed E-state index contributed by atoms with van der Waals surface area (Å²) in [7, 11) is 1.40. The first-order valence-corrected chi connectivity index (χ1v) is 10.4. The van der Waals surface area contributed by atoms with Crippen LogP contribution in [-0.2, 0) is 19.9 Å². The van der Waals surface area contributed by atoms with Crippen molar-refractivity contribution in [3.63, 3.8) is 0 Å². The van der Waals surface area contributed by atoms with Gasteiger partial charge in [0.25, 0.3) is 0 Å². The van der Waals surface area contributed by atoms with Crippen LogP contribution in [-0.4, -0.2) is 45.5 Å². The molecule has 4 unspecified atom stereocenters. The van der Waals surface area contributed by atoms with Gasteiger partial charge in [-0.3, -0.25) is 19.8 Å². The van der Waals surface area contributed by atoms with Crippen LogP contribution >= 0.6 is 0 Å². The molecule has 32 heavy (non-hydrogen) atoms. The zero-order chi connectivity index (χ0) is 23.4. The van der Waals surface area contributed by atoms with E-state index in [1.807, 2.05) is 0 Å². The Bertz CT molecular complexity index is 1090. The fraction of sp³-hybridized carbons (Fsp3) is 0.375. The number of carbonyl (C=O) groups excluding carboxylic acids is 2. The van der Waals surface area contributed by atoms with Gasteiger partial charge in [0.2, 0.25) is 11.8 Å². The first-order chi connectivity index (χ1) is 15.1. The molecule has 8 heteroatoms. The van der Waals surface area contributed by atoms with Crippen LogP contribution in [0.25, 0.3) is 0 Å². The number of phenols is 1. The molecule has 8 nitrogen and oxygen atoms in total. The molecule has 2 aromatic carbocycles. The second-order valence-corrected chi connectivity index (χ2v) is 9.19. The van der Waals surface area contributed by atoms with Crippen LogP contribution in [0, 0.1) is 11.8 Å². The van der Waals surface area contributed by atoms with E-state index in [1.165, 1.54) is 7.11 Å². The van der Waals surface area contributed by atoms with Crippen LogP contribution in [0.1, 0.15) is 37.9 Å². The Morgan fingerprint density at radius 1 is 1.06 bits per heavy atom. The number of amides is 2. The molecule has 0 radical (unpaired) electrons. The zero-order valence-electron chi connectivity index (χ0n) is 18.3. The van der Waals surface area contributed by atoms with Gasteiger partial charge in [-0.1, -0.05) is 42.5 Å². The lowest BCUT2D eigenvalue weighted by Gasteiger charge is -2.35. The van der Waals surface area contributed by atoms with Crippen molar-refractivity contribution in [2.45, 2.75) is 37.9 Å². The molecule has 0 bridgehead atoms. The summed E-state index contributed by atoms with van der Waals surface area (Å²) in [5.74, 6) is -4.49. The number of methoxy groups -OCH3 is 1. The van der Waals surface area contributed by atoms with Crippen molar-refractivity contribution >= 4 is 17.8 Å². The molecular weight excluding hydrogens is 412 g/mol. The summed E-state index contributed by atoms with van der Waals surface area (Å²) in [6, 6.07) is 12.3. The third-order valence-corrected chi connectivity index (χ3v) is 6.38. The predicted octanol–water partition coefficient (Wildman–Crippen LogP) is 2.42. The van der Waals surface area contributed by atoms with E-state index in [0.717, 1.165) is 4.90 Å². The number of para-hydroxylation sites is 1. The Kier molecular flexibility index (Phi) is 5.01. The van der Waals surface area contributed by atoms with Crippen LogP contribution in [0.4, 0.5) is 0 Å². The van der Waals surface area contributed by atoms with Gasteiger partial charge in [0.15, 0.2) is 17.0 Å². The molecule has 0 spiro atoms. The number of rotatable bonds is 4. The molecule has 168 valence electrons. The Morgan fingerprint density at radius 3 is 2.28 bits per heavy atom. The normalized spacial score (nSPS) is 27.5. The molecule has 2 saturated heterocycles. The summed E-state index contributed by atoms with van der Waals surface area (Å²) in [6.07, 6.45) is 0. The molecule has 2 amide bonds. The van der Waals surface area contributed by atoms with Gasteiger partial charge in [-0.15, -0.1) is 0 Å². The van der Waals surface area contributed by atoms with E-state index in [-0.39, 0.29) is 11.5 Å². The van der Waals surface area contributed by atoms with Crippen molar-refractivity contribution in [3.8, 4) is 11.5 Å². The second kappa shape index (κ2) is 7.34. The van der Waals surface area contributed by atoms with E-state index in [2.05, 4.69) is 5.32 Å². The molecule has 4 rings (SSSR count). The summed E-state index contributed by atoms with van der Waals surface area (Å²) in [4.78, 5) is 41.2. The number of hydrogen-bond donors (Lipinski definition) is 3. The van der Waals surface area contributed by atoms with Crippen LogP contribution in [0.15, 0.2) is 48.5 Å². The number of imide groups is 1. The smallest absolute Gasteiger partial charge is 0.329 e. The lowest BCUT2D eigenvalue weighted by atomic mass is 9.75. The first kappa shape index (κ1) is 21.8. The van der Waals surface area contributed by atoms with Crippen LogP contribution in [0.3, 0.4) is 0 Å². The summed E-state index contributed by atoms with van der Waals surface area (Å²) in [5.41, 5.74) is -2.01. The Hall–Kier alpha value is -3.39. The maximum atomic E-state index is 13.6. The maximum Gasteiger partial charge on any atom is 0.329 e. The number of carboxylic acids is 1. The number of nitrogens with zero attached hydrogens (tertiary/aromatic N) is 1. The molecule has 2 aromatic rings. The van der Waals surface area contributed by atoms with E-state index in [0.29, 0.717) is 11.1 Å². The standard InChI is InChI=1S/C24H26N2O6/c1-23(2,3)26-20(28)16-17(21(26)29)24(22(30)31,13-9-6-5-7-10-13)25-18(16)14-11-8-12-15(32-4)19(14)27/h5-12,16-18,25,27H,1-4H3,(H,30,31). The van der Waals surface area contributed by atoms with Crippen molar-refractivity contribution in [2.75, 3.05) is 7.11 Å². The number of carbonyl (C=O) groups is 3. The quantitative estimate of drug-likeness (QED) is 0.628. The minimum absolute atomic E-state index is 0.192. The molecule has 0 aromatic heterocycles. The molecule has 2 heterocycles. The van der Waals surface area contributed by atoms with Crippen molar-refractivity contribution < 1.29 is 29.3 Å². The van der Waals surface area contributed by atoms with Gasteiger partial charge >= 0.3 is 5.97 Å². The minimum Gasteiger partial charge on any atom is -0.504 e. The fourth-order valence-electron chi connectivity index (χ4n) is 5.08. The van der Waals surface area contributed by atoms with Gasteiger partial charge in [0.05, 0.1) is 18.9 Å². The maximum absolute atomic E-state index is 13.6. The van der Waals surface area contributed by atoms with Crippen molar-refractivity contribution in [2.24, 2.45) is 11.8 Å². The number of ether oxygens (including phenoxy) is 1. The molecule has 3 N–H and O–H groups in total. The highest BCUT2D eigenvalue weighted by Gasteiger charge is 2.70. The lowest BCUT2D eigenvalue weighted by molar-refractivity contribution is -0.154. The van der Waals surface area contributed by atoms with Crippen LogP contribution in [0.2, 0.25) is 0 Å². The van der Waals surface area contributed by atoms with Crippen LogP contribution in [0.5, 0.6) is 11.5 Å². The van der Waals surface area contributed by atoms with Gasteiger partial charge in [-0.05, 0) is 32.4 Å². The summed E-state index contributed by atoms with van der Waals surface area (Å²) >= 11 is 0. The molecule has 2 aliphatic heterocycles. The van der Waals surface area contributed by atoms with Crippen molar-refractivity contribution in [3.05, 3.63) is 59.7 Å². The lowest BCUT2D eigenvalue weighted by Crippen LogP contribution is -2.55. The van der Waals surface area contributed by atoms with Gasteiger partial charge in [0, 0.05) is 17.1 Å². The number of likely N-dealkylation sites (tertiary alicyclic amines) is 1. The van der Waals surface area contributed by atoms with E-state index in [9.17, 15) is 24.6 Å². The SMILES string of the molecule is COc1cccc(C2NC(C(=O)O)(c3ccccc3)C3C(=O)N(C(C)(C)C)C(=O)C23)c1O. The molecule has 2 fully saturated rings. The van der Waals surface area contributed by atoms with Gasteiger partial charge in [0.1, 0.15) is 0 Å². The average Bonchev–Trinajstić information content (AvgIpc) is 3.23. The second-order valence-electron chi connectivity index (χ2n) is 9.19. The minimum atomic E-state index is -1.85. The molecule has 2 aliphatic rings. The third kappa shape index (κ3) is 2.90. The van der Waals surface area contributed by atoms with Crippen molar-refractivity contribution in [1.29, 1.82) is 0 Å². The molecule has 0 saturated carbocycles. The Morgan fingerprint density at radius 2 is 1.72 bits per heavy atom. The third-order valence-electron chi connectivity index (χ3n) is 6.38. The number of phenolic OH excluding ortho intramolecular Hbond substituents is 1. The number of carboxylic acid groups (broad SMARTS) is 1. The van der Waals surface area contributed by atoms with Crippen molar-refractivity contribution in [1.82, 2.24) is 10.2 Å². The number of aliphatic carboxylic acids is 1. The monoisotopic (exact) mass is 438 g/mol. The van der Waals surface area contributed by atoms with Gasteiger partial charge in [-0.25, -0.2) is 4.79 Å². The number of aromatic hydroxyl groups is 1. The Labute approximate surface area is 185 Å². The zero-order valence-corrected chi connectivity index (χ0v) is 18.3. The van der Waals surface area contributed by atoms with Gasteiger partial charge in [-0.2, -0.15) is 0 Å². The molecule has 0 aliphatic carbocycles. The van der Waals surface area contributed by atoms with Crippen LogP contribution < -0.4 is 10.1 Å². The van der Waals surface area contributed by atoms with E-state index < -0.39 is 46.7 Å². The highest BCUT2D eigenvalue weighted by atomic mass is 16.5. The number of hydrogen-bond acceptors (Lipinski definition) is 6. The number of nitrogens with one attached hydrogen (secondary N) is 1.